The van der Waals surface area contributed by atoms with E-state index in [1.54, 1.807) is 21.1 Å². The minimum Gasteiger partial charge on any atom is -0.497 e. The van der Waals surface area contributed by atoms with E-state index in [1.807, 2.05) is 25.1 Å². The summed E-state index contributed by atoms with van der Waals surface area (Å²) in [5, 5.41) is 2.91. The van der Waals surface area contributed by atoms with Crippen LogP contribution in [0.2, 0.25) is 0 Å². The lowest BCUT2D eigenvalue weighted by Crippen LogP contribution is -2.41. The van der Waals surface area contributed by atoms with Crippen LogP contribution in [-0.2, 0) is 11.3 Å². The predicted octanol–water partition coefficient (Wildman–Crippen LogP) is 3.55. The summed E-state index contributed by atoms with van der Waals surface area (Å²) in [7, 11) is 3.26. The largest absolute Gasteiger partial charge is 0.497 e. The highest BCUT2D eigenvalue weighted by molar-refractivity contribution is 5.72. The molecule has 3 rings (SSSR count). The summed E-state index contributed by atoms with van der Waals surface area (Å²) >= 11 is 0. The van der Waals surface area contributed by atoms with Gasteiger partial charge in [-0.2, -0.15) is 0 Å². The first-order valence-corrected chi connectivity index (χ1v) is 10.2. The summed E-state index contributed by atoms with van der Waals surface area (Å²) in [4.78, 5) is 18.4. The Kier molecular flexibility index (Phi) is 7.14. The van der Waals surface area contributed by atoms with Gasteiger partial charge in [-0.05, 0) is 44.9 Å². The lowest BCUT2D eigenvalue weighted by atomic mass is 9.99. The Morgan fingerprint density at radius 1 is 1.31 bits per heavy atom. The Morgan fingerprint density at radius 3 is 2.86 bits per heavy atom. The normalized spacial score (nSPS) is 17.2. The molecule has 158 valence electrons. The third-order valence-corrected chi connectivity index (χ3v) is 5.49. The second-order valence-corrected chi connectivity index (χ2v) is 7.48. The molecule has 1 saturated heterocycles. The highest BCUT2D eigenvalue weighted by atomic mass is 16.5. The molecule has 1 fully saturated rings. The molecule has 0 saturated carbocycles. The number of carbonyl (C=O) groups is 1. The summed E-state index contributed by atoms with van der Waals surface area (Å²) in [6.07, 6.45) is 4.52. The number of nitrogens with one attached hydrogen (secondary N) is 1. The van der Waals surface area contributed by atoms with E-state index >= 15 is 0 Å². The van der Waals surface area contributed by atoms with Crippen molar-refractivity contribution < 1.29 is 18.7 Å². The van der Waals surface area contributed by atoms with Gasteiger partial charge in [0.05, 0.1) is 25.5 Å². The van der Waals surface area contributed by atoms with Crippen LogP contribution >= 0.6 is 0 Å². The zero-order valence-corrected chi connectivity index (χ0v) is 17.8. The first-order valence-electron chi connectivity index (χ1n) is 10.2. The molecule has 2 heterocycles. The topological polar surface area (TPSA) is 76.8 Å². The van der Waals surface area contributed by atoms with Crippen molar-refractivity contribution in [1.82, 2.24) is 15.2 Å². The van der Waals surface area contributed by atoms with Gasteiger partial charge in [0.15, 0.2) is 0 Å². The molecule has 1 aromatic heterocycles. The Morgan fingerprint density at radius 2 is 2.14 bits per heavy atom. The molecular weight excluding hydrogens is 370 g/mol. The SMILES string of the molecule is COc1ccc(-c2nc(CN3CCCC[C@@H]3CCNC(C)=O)c(C)o2)c(OC)c1. The maximum absolute atomic E-state index is 11.2. The first kappa shape index (κ1) is 21.2. The monoisotopic (exact) mass is 401 g/mol. The van der Waals surface area contributed by atoms with Crippen molar-refractivity contribution in [2.24, 2.45) is 0 Å². The predicted molar refractivity (Wildman–Crippen MR) is 111 cm³/mol. The van der Waals surface area contributed by atoms with Crippen molar-refractivity contribution in [3.05, 3.63) is 29.7 Å². The summed E-state index contributed by atoms with van der Waals surface area (Å²) in [6, 6.07) is 6.06. The Bertz CT molecular complexity index is 833. The number of piperidine rings is 1. The van der Waals surface area contributed by atoms with Crippen LogP contribution in [0.15, 0.2) is 22.6 Å². The van der Waals surface area contributed by atoms with Gasteiger partial charge in [-0.15, -0.1) is 0 Å². The number of nitrogens with zero attached hydrogens (tertiary/aromatic N) is 2. The van der Waals surface area contributed by atoms with Crippen LogP contribution in [0.1, 0.15) is 44.1 Å². The lowest BCUT2D eigenvalue weighted by molar-refractivity contribution is -0.119. The molecule has 1 amide bonds. The van der Waals surface area contributed by atoms with Gasteiger partial charge in [0.25, 0.3) is 0 Å². The van der Waals surface area contributed by atoms with E-state index in [1.165, 1.54) is 12.8 Å². The van der Waals surface area contributed by atoms with E-state index < -0.39 is 0 Å². The fourth-order valence-electron chi connectivity index (χ4n) is 3.87. The van der Waals surface area contributed by atoms with Gasteiger partial charge >= 0.3 is 0 Å². The third-order valence-electron chi connectivity index (χ3n) is 5.49. The van der Waals surface area contributed by atoms with Gasteiger partial charge in [-0.3, -0.25) is 9.69 Å². The Balaban J connectivity index is 1.75. The molecular formula is C22H31N3O4. The molecule has 1 aliphatic rings. The fraction of sp³-hybridized carbons (Fsp3) is 0.545. The molecule has 7 heteroatoms. The highest BCUT2D eigenvalue weighted by Gasteiger charge is 2.25. The summed E-state index contributed by atoms with van der Waals surface area (Å²) in [6.45, 7) is 6.02. The number of ether oxygens (including phenoxy) is 2. The van der Waals surface area contributed by atoms with Crippen molar-refractivity contribution in [1.29, 1.82) is 0 Å². The maximum Gasteiger partial charge on any atom is 0.230 e. The standard InChI is InChI=1S/C22H31N3O4/c1-15-20(14-25-12-6-5-7-17(25)10-11-23-16(2)26)24-22(29-15)19-9-8-18(27-3)13-21(19)28-4/h8-9,13,17H,5-7,10-12,14H2,1-4H3,(H,23,26)/t17-/m1/s1. The molecule has 1 aromatic carbocycles. The quantitative estimate of drug-likeness (QED) is 0.729. The highest BCUT2D eigenvalue weighted by Crippen LogP contribution is 2.34. The van der Waals surface area contributed by atoms with E-state index in [4.69, 9.17) is 18.9 Å². The van der Waals surface area contributed by atoms with Crippen molar-refractivity contribution in [3.63, 3.8) is 0 Å². The number of benzene rings is 1. The second kappa shape index (κ2) is 9.78. The maximum atomic E-state index is 11.2. The molecule has 0 aliphatic carbocycles. The molecule has 2 aromatic rings. The van der Waals surface area contributed by atoms with Gasteiger partial charge in [-0.1, -0.05) is 6.42 Å². The fourth-order valence-corrected chi connectivity index (χ4v) is 3.87. The summed E-state index contributed by atoms with van der Waals surface area (Å²) < 4.78 is 16.8. The van der Waals surface area contributed by atoms with Gasteiger partial charge in [0, 0.05) is 32.1 Å². The molecule has 1 atom stereocenters. The molecule has 1 N–H and O–H groups in total. The van der Waals surface area contributed by atoms with Crippen molar-refractivity contribution >= 4 is 5.91 Å². The summed E-state index contributed by atoms with van der Waals surface area (Å²) in [5.41, 5.74) is 1.76. The third kappa shape index (κ3) is 5.29. The molecule has 7 nitrogen and oxygen atoms in total. The zero-order valence-electron chi connectivity index (χ0n) is 17.8. The average molecular weight is 402 g/mol. The number of aromatic nitrogens is 1. The molecule has 0 radical (unpaired) electrons. The smallest absolute Gasteiger partial charge is 0.230 e. The van der Waals surface area contributed by atoms with Gasteiger partial charge < -0.3 is 19.2 Å². The number of hydrogen-bond donors (Lipinski definition) is 1. The molecule has 29 heavy (non-hydrogen) atoms. The van der Waals surface area contributed by atoms with Crippen LogP contribution in [-0.4, -0.2) is 49.1 Å². The summed E-state index contributed by atoms with van der Waals surface area (Å²) in [5.74, 6) is 2.80. The molecule has 0 spiro atoms. The Labute approximate surface area is 172 Å². The number of amides is 1. The van der Waals surface area contributed by atoms with Crippen molar-refractivity contribution in [3.8, 4) is 23.0 Å². The number of rotatable bonds is 8. The van der Waals surface area contributed by atoms with Crippen LogP contribution < -0.4 is 14.8 Å². The zero-order chi connectivity index (χ0) is 20.8. The molecule has 0 unspecified atom stereocenters. The minimum atomic E-state index is 0.0257. The van der Waals surface area contributed by atoms with E-state index in [-0.39, 0.29) is 5.91 Å². The molecule has 0 bridgehead atoms. The number of likely N-dealkylation sites (tertiary alicyclic amines) is 1. The average Bonchev–Trinajstić information content (AvgIpc) is 3.08. The van der Waals surface area contributed by atoms with Crippen LogP contribution in [0.25, 0.3) is 11.5 Å². The van der Waals surface area contributed by atoms with Crippen LogP contribution in [0, 0.1) is 6.92 Å². The number of methoxy groups -OCH3 is 2. The first-order chi connectivity index (χ1) is 14.0. The van der Waals surface area contributed by atoms with Crippen molar-refractivity contribution in [2.45, 2.75) is 52.1 Å². The van der Waals surface area contributed by atoms with E-state index in [9.17, 15) is 4.79 Å². The van der Waals surface area contributed by atoms with Gasteiger partial charge in [-0.25, -0.2) is 4.98 Å². The van der Waals surface area contributed by atoms with Gasteiger partial charge in [0.1, 0.15) is 17.3 Å². The van der Waals surface area contributed by atoms with E-state index in [0.29, 0.717) is 24.2 Å². The minimum absolute atomic E-state index is 0.0257. The number of hydrogen-bond acceptors (Lipinski definition) is 6. The van der Waals surface area contributed by atoms with E-state index in [0.717, 1.165) is 48.7 Å². The number of carbonyl (C=O) groups excluding carboxylic acids is 1. The van der Waals surface area contributed by atoms with Crippen LogP contribution in [0.3, 0.4) is 0 Å². The number of oxazole rings is 1. The van der Waals surface area contributed by atoms with Crippen LogP contribution in [0.4, 0.5) is 0 Å². The Hall–Kier alpha value is -2.54. The number of aryl methyl sites for hydroxylation is 1. The van der Waals surface area contributed by atoms with Crippen molar-refractivity contribution in [2.75, 3.05) is 27.3 Å². The van der Waals surface area contributed by atoms with Crippen LogP contribution in [0.5, 0.6) is 11.5 Å². The second-order valence-electron chi connectivity index (χ2n) is 7.48. The lowest BCUT2D eigenvalue weighted by Gasteiger charge is -2.35. The van der Waals surface area contributed by atoms with E-state index in [2.05, 4.69) is 10.2 Å². The molecule has 1 aliphatic heterocycles. The van der Waals surface area contributed by atoms with Gasteiger partial charge in [0.2, 0.25) is 11.8 Å².